The van der Waals surface area contributed by atoms with Crippen LogP contribution < -0.4 is 0 Å². The van der Waals surface area contributed by atoms with Gasteiger partial charge in [-0.15, -0.1) is 0 Å². The molecule has 0 radical (unpaired) electrons. The first-order valence-electron chi connectivity index (χ1n) is 7.10. The topological polar surface area (TPSA) is 78.1 Å². The molecular formula is C16H23NO4. The van der Waals surface area contributed by atoms with Gasteiger partial charge in [-0.1, -0.05) is 30.3 Å². The van der Waals surface area contributed by atoms with Crippen LogP contribution in [0.2, 0.25) is 0 Å². The fourth-order valence-electron chi connectivity index (χ4n) is 2.62. The lowest BCUT2D eigenvalue weighted by atomic mass is 10.0. The molecule has 1 aromatic carbocycles. The number of esters is 1. The Morgan fingerprint density at radius 2 is 2.05 bits per heavy atom. The van der Waals surface area contributed by atoms with E-state index in [1.54, 1.807) is 0 Å². The average molecular weight is 293 g/mol. The van der Waals surface area contributed by atoms with Crippen LogP contribution in [0.15, 0.2) is 30.3 Å². The summed E-state index contributed by atoms with van der Waals surface area (Å²) < 4.78 is 4.63. The van der Waals surface area contributed by atoms with Crippen molar-refractivity contribution in [1.82, 2.24) is 4.90 Å². The van der Waals surface area contributed by atoms with Crippen molar-refractivity contribution in [2.75, 3.05) is 20.2 Å². The van der Waals surface area contributed by atoms with Crippen LogP contribution >= 0.6 is 0 Å². The second-order valence-electron chi connectivity index (χ2n) is 5.18. The Balaban J connectivity index is 0.00000220. The molecule has 1 aliphatic rings. The molecule has 1 heterocycles. The Morgan fingerprint density at radius 1 is 1.33 bits per heavy atom. The highest BCUT2D eigenvalue weighted by molar-refractivity contribution is 5.85. The number of ether oxygens (including phenoxy) is 1. The molecule has 0 bridgehead atoms. The summed E-state index contributed by atoms with van der Waals surface area (Å²) in [4.78, 5) is 25.2. The molecule has 1 unspecified atom stereocenters. The molecule has 5 nitrogen and oxygen atoms in total. The van der Waals surface area contributed by atoms with Crippen LogP contribution in [0.3, 0.4) is 0 Å². The van der Waals surface area contributed by atoms with Gasteiger partial charge in [-0.05, 0) is 24.8 Å². The van der Waals surface area contributed by atoms with Crippen molar-refractivity contribution in [3.8, 4) is 0 Å². The summed E-state index contributed by atoms with van der Waals surface area (Å²) in [5, 5.41) is 0. The number of methoxy groups -OCH3 is 1. The molecule has 0 aromatic heterocycles. The van der Waals surface area contributed by atoms with E-state index in [0.29, 0.717) is 0 Å². The number of nitrogens with zero attached hydrogens (tertiary/aromatic N) is 1. The maximum atomic E-state index is 12.1. The summed E-state index contributed by atoms with van der Waals surface area (Å²) in [5.41, 5.74) is 1.30. The molecule has 1 atom stereocenters. The fraction of sp³-hybridized carbons (Fsp3) is 0.500. The minimum absolute atomic E-state index is 0. The number of carbonyl (C=O) groups is 2. The smallest absolute Gasteiger partial charge is 0.306 e. The summed E-state index contributed by atoms with van der Waals surface area (Å²) in [5.74, 6) is -0.378. The van der Waals surface area contributed by atoms with E-state index in [2.05, 4.69) is 16.9 Å². The Hall–Kier alpha value is -1.88. The average Bonchev–Trinajstić information content (AvgIpc) is 2.81. The normalized spacial score (nSPS) is 17.5. The molecule has 1 aliphatic heterocycles. The van der Waals surface area contributed by atoms with Crippen LogP contribution in [0.1, 0.15) is 24.8 Å². The maximum Gasteiger partial charge on any atom is 0.306 e. The van der Waals surface area contributed by atoms with E-state index >= 15 is 0 Å². The molecular weight excluding hydrogens is 270 g/mol. The number of amides is 1. The zero-order valence-corrected chi connectivity index (χ0v) is 12.4. The third-order valence-corrected chi connectivity index (χ3v) is 3.79. The second-order valence-corrected chi connectivity index (χ2v) is 5.18. The van der Waals surface area contributed by atoms with Crippen LogP contribution in [-0.2, 0) is 20.7 Å². The molecule has 1 fully saturated rings. The van der Waals surface area contributed by atoms with E-state index in [1.807, 2.05) is 23.1 Å². The van der Waals surface area contributed by atoms with Gasteiger partial charge in [0.1, 0.15) is 0 Å². The van der Waals surface area contributed by atoms with Gasteiger partial charge in [0.2, 0.25) is 5.91 Å². The molecule has 0 spiro atoms. The van der Waals surface area contributed by atoms with Crippen molar-refractivity contribution >= 4 is 11.9 Å². The van der Waals surface area contributed by atoms with E-state index in [1.165, 1.54) is 12.7 Å². The number of likely N-dealkylation sites (tertiary alicyclic amines) is 1. The zero-order valence-electron chi connectivity index (χ0n) is 12.4. The van der Waals surface area contributed by atoms with Gasteiger partial charge in [0.25, 0.3) is 0 Å². The van der Waals surface area contributed by atoms with Gasteiger partial charge >= 0.3 is 5.97 Å². The first-order valence-corrected chi connectivity index (χ1v) is 7.10. The molecule has 21 heavy (non-hydrogen) atoms. The molecule has 2 N–H and O–H groups in total. The number of hydrogen-bond donors (Lipinski definition) is 0. The molecule has 2 rings (SSSR count). The summed E-state index contributed by atoms with van der Waals surface area (Å²) in [6, 6.07) is 10.3. The number of carbonyl (C=O) groups excluding carboxylic acids is 2. The van der Waals surface area contributed by atoms with Crippen LogP contribution in [0.25, 0.3) is 0 Å². The molecule has 116 valence electrons. The van der Waals surface area contributed by atoms with Crippen LogP contribution in [0.5, 0.6) is 0 Å². The number of rotatable bonds is 6. The zero-order chi connectivity index (χ0) is 14.4. The van der Waals surface area contributed by atoms with E-state index in [-0.39, 0.29) is 29.7 Å². The van der Waals surface area contributed by atoms with Gasteiger partial charge in [-0.3, -0.25) is 9.59 Å². The van der Waals surface area contributed by atoms with E-state index in [4.69, 9.17) is 0 Å². The summed E-state index contributed by atoms with van der Waals surface area (Å²) >= 11 is 0. The Kier molecular flexibility index (Phi) is 6.88. The minimum atomic E-state index is -0.297. The fourth-order valence-corrected chi connectivity index (χ4v) is 2.62. The molecule has 1 amide bonds. The largest absolute Gasteiger partial charge is 0.469 e. The Bertz CT molecular complexity index is 461. The predicted octanol–water partition coefficient (Wildman–Crippen LogP) is 1.21. The van der Waals surface area contributed by atoms with Crippen LogP contribution in [0.4, 0.5) is 0 Å². The van der Waals surface area contributed by atoms with Crippen molar-refractivity contribution in [2.24, 2.45) is 5.92 Å². The first-order chi connectivity index (χ1) is 9.70. The minimum Gasteiger partial charge on any atom is -0.469 e. The van der Waals surface area contributed by atoms with Gasteiger partial charge in [-0.2, -0.15) is 0 Å². The van der Waals surface area contributed by atoms with E-state index in [9.17, 15) is 9.59 Å². The quantitative estimate of drug-likeness (QED) is 0.739. The standard InChI is InChI=1S/C16H21NO3.H2O/c1-20-15(18)12-14-9-11-17(16(14)19)10-5-8-13-6-3-2-4-7-13;/h2-4,6-7,14H,5,8-12H2,1H3;1H2. The maximum absolute atomic E-state index is 12.1. The lowest BCUT2D eigenvalue weighted by Gasteiger charge is -2.16. The van der Waals surface area contributed by atoms with Gasteiger partial charge in [0.05, 0.1) is 19.4 Å². The highest BCUT2D eigenvalue weighted by Gasteiger charge is 2.32. The Labute approximate surface area is 125 Å². The summed E-state index contributed by atoms with van der Waals surface area (Å²) in [6.07, 6.45) is 2.91. The van der Waals surface area contributed by atoms with Crippen molar-refractivity contribution in [3.63, 3.8) is 0 Å². The third kappa shape index (κ3) is 4.86. The number of benzene rings is 1. The highest BCUT2D eigenvalue weighted by Crippen LogP contribution is 2.22. The molecule has 0 aliphatic carbocycles. The van der Waals surface area contributed by atoms with Gasteiger partial charge in [0.15, 0.2) is 0 Å². The first kappa shape index (κ1) is 17.2. The third-order valence-electron chi connectivity index (χ3n) is 3.79. The van der Waals surface area contributed by atoms with Gasteiger partial charge in [0, 0.05) is 13.1 Å². The van der Waals surface area contributed by atoms with Crippen molar-refractivity contribution < 1.29 is 19.8 Å². The number of aryl methyl sites for hydroxylation is 1. The van der Waals surface area contributed by atoms with E-state index < -0.39 is 0 Å². The highest BCUT2D eigenvalue weighted by atomic mass is 16.5. The lowest BCUT2D eigenvalue weighted by molar-refractivity contribution is -0.144. The van der Waals surface area contributed by atoms with Crippen molar-refractivity contribution in [3.05, 3.63) is 35.9 Å². The second kappa shape index (κ2) is 8.42. The van der Waals surface area contributed by atoms with Gasteiger partial charge in [-0.25, -0.2) is 0 Å². The van der Waals surface area contributed by atoms with Crippen LogP contribution in [-0.4, -0.2) is 42.5 Å². The van der Waals surface area contributed by atoms with Crippen molar-refractivity contribution in [1.29, 1.82) is 0 Å². The molecule has 0 saturated carbocycles. The van der Waals surface area contributed by atoms with Crippen molar-refractivity contribution in [2.45, 2.75) is 25.7 Å². The summed E-state index contributed by atoms with van der Waals surface area (Å²) in [6.45, 7) is 1.53. The predicted molar refractivity (Wildman–Crippen MR) is 79.7 cm³/mol. The molecule has 1 aromatic rings. The molecule has 1 saturated heterocycles. The van der Waals surface area contributed by atoms with E-state index in [0.717, 1.165) is 32.4 Å². The SMILES string of the molecule is COC(=O)CC1CCN(CCCc2ccccc2)C1=O.O. The lowest BCUT2D eigenvalue weighted by Crippen LogP contribution is -2.29. The number of hydrogen-bond acceptors (Lipinski definition) is 3. The molecule has 5 heteroatoms. The summed E-state index contributed by atoms with van der Waals surface area (Å²) in [7, 11) is 1.36. The van der Waals surface area contributed by atoms with Gasteiger partial charge < -0.3 is 15.1 Å². The Morgan fingerprint density at radius 3 is 2.71 bits per heavy atom. The van der Waals surface area contributed by atoms with Crippen LogP contribution in [0, 0.1) is 5.92 Å². The monoisotopic (exact) mass is 293 g/mol.